The summed E-state index contributed by atoms with van der Waals surface area (Å²) < 4.78 is 23.9. The molecule has 1 unspecified atom stereocenters. The van der Waals surface area contributed by atoms with Gasteiger partial charge >= 0.3 is 5.97 Å². The predicted octanol–water partition coefficient (Wildman–Crippen LogP) is 2.59. The van der Waals surface area contributed by atoms with E-state index in [0.29, 0.717) is 0 Å². The smallest absolute Gasteiger partial charge is 0.321 e. The Morgan fingerprint density at radius 2 is 2.12 bits per heavy atom. The summed E-state index contributed by atoms with van der Waals surface area (Å²) in [5, 5.41) is 9.06. The van der Waals surface area contributed by atoms with E-state index < -0.39 is 27.3 Å². The van der Waals surface area contributed by atoms with Gasteiger partial charge in [0.2, 0.25) is 0 Å². The molecule has 1 aromatic carbocycles. The Balaban J connectivity index is 3.00. The summed E-state index contributed by atoms with van der Waals surface area (Å²) in [5.74, 6) is -1.99. The summed E-state index contributed by atoms with van der Waals surface area (Å²) in [7, 11) is -1.76. The number of benzene rings is 1. The molecule has 0 aliphatic carbocycles. The number of halogens is 2. The minimum Gasteiger partial charge on any atom is -0.480 e. The van der Waals surface area contributed by atoms with Crippen molar-refractivity contribution < 1.29 is 18.5 Å². The van der Waals surface area contributed by atoms with E-state index in [2.05, 4.69) is 0 Å². The molecule has 6 heteroatoms. The molecule has 0 saturated carbocycles. The molecular formula is C11H12ClFO3S. The first kappa shape index (κ1) is 14.1. The molecule has 0 heterocycles. The molecule has 0 aliphatic heterocycles. The van der Waals surface area contributed by atoms with Gasteiger partial charge in [0.15, 0.2) is 0 Å². The Bertz CT molecular complexity index is 454. The Kier molecular flexibility index (Phi) is 4.27. The highest BCUT2D eigenvalue weighted by atomic mass is 35.5. The summed E-state index contributed by atoms with van der Waals surface area (Å²) >= 11 is 5.78. The molecule has 3 nitrogen and oxygen atoms in total. The molecule has 1 rings (SSSR count). The normalized spacial score (nSPS) is 13.4. The van der Waals surface area contributed by atoms with Gasteiger partial charge in [0.1, 0.15) is 10.6 Å². The summed E-state index contributed by atoms with van der Waals surface area (Å²) in [6.45, 7) is 2.67. The van der Waals surface area contributed by atoms with E-state index >= 15 is 0 Å². The number of carboxylic acid groups (broad SMARTS) is 1. The van der Waals surface area contributed by atoms with Gasteiger partial charge in [-0.1, -0.05) is 17.7 Å². The van der Waals surface area contributed by atoms with E-state index in [1.807, 2.05) is 0 Å². The standard InChI is InChI=1S/C11H12ClFO3S/c1-11(2,10(14)15)17(16)6-7-8(12)4-3-5-9(7)13/h3-5H,6H2,1-2H3,(H,14,15). The summed E-state index contributed by atoms with van der Waals surface area (Å²) in [5.41, 5.74) is 0.0850. The van der Waals surface area contributed by atoms with Gasteiger partial charge in [0.05, 0.1) is 5.75 Å². The zero-order valence-electron chi connectivity index (χ0n) is 9.37. The van der Waals surface area contributed by atoms with Crippen molar-refractivity contribution in [3.8, 4) is 0 Å². The van der Waals surface area contributed by atoms with Crippen molar-refractivity contribution >= 4 is 28.4 Å². The van der Waals surface area contributed by atoms with Crippen LogP contribution >= 0.6 is 11.6 Å². The first-order chi connectivity index (χ1) is 7.76. The number of rotatable bonds is 4. The first-order valence-corrected chi connectivity index (χ1v) is 6.51. The van der Waals surface area contributed by atoms with Gasteiger partial charge in [-0.2, -0.15) is 0 Å². The maximum atomic E-state index is 13.4. The van der Waals surface area contributed by atoms with Crippen molar-refractivity contribution in [2.45, 2.75) is 24.3 Å². The SMILES string of the molecule is CC(C)(C(=O)O)S(=O)Cc1c(F)cccc1Cl. The zero-order valence-corrected chi connectivity index (χ0v) is 10.9. The van der Waals surface area contributed by atoms with Crippen LogP contribution < -0.4 is 0 Å². The van der Waals surface area contributed by atoms with E-state index in [-0.39, 0.29) is 16.3 Å². The van der Waals surface area contributed by atoms with Crippen molar-refractivity contribution in [3.63, 3.8) is 0 Å². The number of carbonyl (C=O) groups is 1. The monoisotopic (exact) mass is 278 g/mol. The van der Waals surface area contributed by atoms with Crippen LogP contribution in [-0.2, 0) is 21.3 Å². The molecule has 0 aliphatic rings. The highest BCUT2D eigenvalue weighted by Crippen LogP contribution is 2.24. The summed E-state index contributed by atoms with van der Waals surface area (Å²) in [6, 6.07) is 4.11. The van der Waals surface area contributed by atoms with Gasteiger partial charge in [-0.05, 0) is 26.0 Å². The van der Waals surface area contributed by atoms with Crippen molar-refractivity contribution in [2.75, 3.05) is 0 Å². The second kappa shape index (κ2) is 5.14. The van der Waals surface area contributed by atoms with E-state index in [0.717, 1.165) is 0 Å². The van der Waals surface area contributed by atoms with Crippen LogP contribution in [0.1, 0.15) is 19.4 Å². The molecule has 0 amide bonds. The average molecular weight is 279 g/mol. The van der Waals surface area contributed by atoms with Crippen molar-refractivity contribution in [3.05, 3.63) is 34.6 Å². The van der Waals surface area contributed by atoms with Crippen LogP contribution in [0.25, 0.3) is 0 Å². The average Bonchev–Trinajstić information content (AvgIpc) is 2.23. The largest absolute Gasteiger partial charge is 0.480 e. The zero-order chi connectivity index (χ0) is 13.2. The van der Waals surface area contributed by atoms with E-state index in [9.17, 15) is 13.4 Å². The molecule has 1 aromatic rings. The lowest BCUT2D eigenvalue weighted by Crippen LogP contribution is -2.37. The highest BCUT2D eigenvalue weighted by Gasteiger charge is 2.35. The van der Waals surface area contributed by atoms with Crippen LogP contribution in [0, 0.1) is 5.82 Å². The van der Waals surface area contributed by atoms with Crippen molar-refractivity contribution in [1.29, 1.82) is 0 Å². The number of hydrogen-bond acceptors (Lipinski definition) is 2. The molecular weight excluding hydrogens is 267 g/mol. The first-order valence-electron chi connectivity index (χ1n) is 4.81. The molecule has 0 aromatic heterocycles. The van der Waals surface area contributed by atoms with Crippen LogP contribution in [0.4, 0.5) is 4.39 Å². The number of aliphatic carboxylic acids is 1. The van der Waals surface area contributed by atoms with Crippen LogP contribution in [0.2, 0.25) is 5.02 Å². The molecule has 1 atom stereocenters. The molecule has 0 saturated heterocycles. The maximum absolute atomic E-state index is 13.4. The predicted molar refractivity (Wildman–Crippen MR) is 65.0 cm³/mol. The molecule has 0 radical (unpaired) electrons. The Morgan fingerprint density at radius 1 is 1.53 bits per heavy atom. The fraction of sp³-hybridized carbons (Fsp3) is 0.364. The van der Waals surface area contributed by atoms with E-state index in [1.165, 1.54) is 32.0 Å². The quantitative estimate of drug-likeness (QED) is 0.921. The third-order valence-electron chi connectivity index (χ3n) is 2.42. The van der Waals surface area contributed by atoms with Crippen molar-refractivity contribution in [2.24, 2.45) is 0 Å². The third-order valence-corrected chi connectivity index (χ3v) is 4.64. The summed E-state index contributed by atoms with van der Waals surface area (Å²) in [4.78, 5) is 10.9. The molecule has 94 valence electrons. The Hall–Kier alpha value is -0.940. The topological polar surface area (TPSA) is 54.4 Å². The Morgan fingerprint density at radius 3 is 2.59 bits per heavy atom. The lowest BCUT2D eigenvalue weighted by Gasteiger charge is -2.18. The number of hydrogen-bond donors (Lipinski definition) is 1. The third kappa shape index (κ3) is 3.04. The Labute approximate surface area is 106 Å². The second-order valence-corrected chi connectivity index (χ2v) is 6.41. The van der Waals surface area contributed by atoms with Crippen LogP contribution in [0.15, 0.2) is 18.2 Å². The number of carboxylic acids is 1. The van der Waals surface area contributed by atoms with E-state index in [4.69, 9.17) is 16.7 Å². The van der Waals surface area contributed by atoms with Crippen LogP contribution in [0.5, 0.6) is 0 Å². The van der Waals surface area contributed by atoms with Gasteiger partial charge < -0.3 is 5.11 Å². The molecule has 17 heavy (non-hydrogen) atoms. The van der Waals surface area contributed by atoms with Gasteiger partial charge in [-0.3, -0.25) is 9.00 Å². The van der Waals surface area contributed by atoms with Gasteiger partial charge in [0.25, 0.3) is 0 Å². The van der Waals surface area contributed by atoms with Gasteiger partial charge in [-0.25, -0.2) is 4.39 Å². The fourth-order valence-electron chi connectivity index (χ4n) is 1.08. The highest BCUT2D eigenvalue weighted by molar-refractivity contribution is 7.86. The second-order valence-electron chi connectivity index (χ2n) is 4.01. The van der Waals surface area contributed by atoms with Crippen molar-refractivity contribution in [1.82, 2.24) is 0 Å². The maximum Gasteiger partial charge on any atom is 0.321 e. The lowest BCUT2D eigenvalue weighted by atomic mass is 10.2. The molecule has 0 fully saturated rings. The van der Waals surface area contributed by atoms with Crippen LogP contribution in [-0.4, -0.2) is 20.0 Å². The lowest BCUT2D eigenvalue weighted by molar-refractivity contribution is -0.139. The fourth-order valence-corrected chi connectivity index (χ4v) is 2.50. The van der Waals surface area contributed by atoms with E-state index in [1.54, 1.807) is 0 Å². The van der Waals surface area contributed by atoms with Crippen LogP contribution in [0.3, 0.4) is 0 Å². The molecule has 0 spiro atoms. The minimum atomic E-state index is -1.76. The minimum absolute atomic E-state index is 0.0850. The summed E-state index contributed by atoms with van der Waals surface area (Å²) in [6.07, 6.45) is 0. The molecule has 1 N–H and O–H groups in total. The van der Waals surface area contributed by atoms with Gasteiger partial charge in [-0.15, -0.1) is 0 Å². The molecule has 0 bridgehead atoms. The van der Waals surface area contributed by atoms with Gasteiger partial charge in [0, 0.05) is 21.4 Å².